The van der Waals surface area contributed by atoms with E-state index in [4.69, 9.17) is 0 Å². The van der Waals surface area contributed by atoms with Gasteiger partial charge in [0.1, 0.15) is 11.7 Å². The van der Waals surface area contributed by atoms with Gasteiger partial charge in [0.05, 0.1) is 12.2 Å². The number of likely N-dealkylation sites (tertiary alicyclic amines) is 1. The quantitative estimate of drug-likeness (QED) is 0.199. The molecule has 1 saturated heterocycles. The van der Waals surface area contributed by atoms with Crippen LogP contribution >= 0.6 is 0 Å². The fraction of sp³-hybridized carbons (Fsp3) is 0.714. The third-order valence-electron chi connectivity index (χ3n) is 10.0. The number of nitrogens with one attached hydrogen (secondary N) is 1. The number of rotatable bonds is 17. The molecule has 1 aromatic rings. The number of aromatic nitrogens is 2. The summed E-state index contributed by atoms with van der Waals surface area (Å²) >= 11 is 0. The molecule has 4 unspecified atom stereocenters. The summed E-state index contributed by atoms with van der Waals surface area (Å²) < 4.78 is 0. The Kier molecular flexibility index (Phi) is 11.8. The van der Waals surface area contributed by atoms with E-state index in [0.717, 1.165) is 32.1 Å². The molecule has 0 aromatic carbocycles. The Balaban J connectivity index is 1.50. The van der Waals surface area contributed by atoms with Crippen molar-refractivity contribution in [3.63, 3.8) is 0 Å². The van der Waals surface area contributed by atoms with Crippen LogP contribution in [0.15, 0.2) is 18.6 Å². The van der Waals surface area contributed by atoms with Gasteiger partial charge >= 0.3 is 0 Å². The zero-order valence-corrected chi connectivity index (χ0v) is 27.5. The van der Waals surface area contributed by atoms with Crippen molar-refractivity contribution in [3.05, 3.63) is 24.3 Å². The topological polar surface area (TPSA) is 143 Å². The molecule has 0 bridgehead atoms. The molecule has 2 amide bonds. The van der Waals surface area contributed by atoms with Crippen LogP contribution in [0.4, 0.5) is 0 Å². The molecule has 2 aliphatic carbocycles. The van der Waals surface area contributed by atoms with Crippen LogP contribution < -0.4 is 5.32 Å². The van der Waals surface area contributed by atoms with E-state index in [1.807, 2.05) is 34.6 Å². The first-order valence-corrected chi connectivity index (χ1v) is 16.9. The summed E-state index contributed by atoms with van der Waals surface area (Å²) in [7, 11) is 0. The average Bonchev–Trinajstić information content (AvgIpc) is 3.57. The molecule has 2 heterocycles. The van der Waals surface area contributed by atoms with E-state index in [-0.39, 0.29) is 77.8 Å². The first-order chi connectivity index (χ1) is 21.4. The van der Waals surface area contributed by atoms with Gasteiger partial charge in [-0.1, -0.05) is 47.5 Å². The van der Waals surface area contributed by atoms with Crippen molar-refractivity contribution < 1.29 is 28.8 Å². The molecule has 0 radical (unpaired) electrons. The number of nitrogens with zero attached hydrogens (tertiary/aromatic N) is 3. The average molecular weight is 623 g/mol. The van der Waals surface area contributed by atoms with E-state index in [1.165, 1.54) is 18.6 Å². The summed E-state index contributed by atoms with van der Waals surface area (Å²) in [4.78, 5) is 90.3. The summed E-state index contributed by atoms with van der Waals surface area (Å²) in [5.41, 5.74) is 0.187. The SMILES string of the molecule is CCCC(CC(=O)C1[C@H]2CCCC2CN1C(=O)C(NC(=O)[C@H](CC(=O)c1cnccn1)C(C)C)C(C)C)C(=O)C(=O)CC1CC1. The van der Waals surface area contributed by atoms with Gasteiger partial charge in [0.15, 0.2) is 17.3 Å². The Morgan fingerprint density at radius 3 is 2.29 bits per heavy atom. The minimum atomic E-state index is -0.882. The first kappa shape index (κ1) is 34.6. The second kappa shape index (κ2) is 15.3. The van der Waals surface area contributed by atoms with Gasteiger partial charge in [-0.3, -0.25) is 33.8 Å². The van der Waals surface area contributed by atoms with E-state index < -0.39 is 29.7 Å². The van der Waals surface area contributed by atoms with E-state index in [9.17, 15) is 28.8 Å². The molecule has 2 saturated carbocycles. The molecule has 3 aliphatic rings. The van der Waals surface area contributed by atoms with Crippen molar-refractivity contribution in [3.8, 4) is 0 Å². The van der Waals surface area contributed by atoms with Gasteiger partial charge in [0.2, 0.25) is 17.6 Å². The van der Waals surface area contributed by atoms with Crippen molar-refractivity contribution in [1.29, 1.82) is 0 Å². The van der Waals surface area contributed by atoms with Crippen molar-refractivity contribution in [2.75, 3.05) is 6.54 Å². The summed E-state index contributed by atoms with van der Waals surface area (Å²) in [5.74, 6) is -3.26. The zero-order valence-electron chi connectivity index (χ0n) is 27.5. The van der Waals surface area contributed by atoms with Crippen LogP contribution in [0.2, 0.25) is 0 Å². The first-order valence-electron chi connectivity index (χ1n) is 16.9. The summed E-state index contributed by atoms with van der Waals surface area (Å²) in [6, 6.07) is -1.55. The van der Waals surface area contributed by atoms with Crippen LogP contribution in [0, 0.1) is 41.4 Å². The maximum atomic E-state index is 14.2. The highest BCUT2D eigenvalue weighted by atomic mass is 16.2. The molecule has 1 aromatic heterocycles. The molecular weight excluding hydrogens is 572 g/mol. The number of carbonyl (C=O) groups excluding carboxylic acids is 6. The number of hydrogen-bond acceptors (Lipinski definition) is 8. The molecule has 246 valence electrons. The van der Waals surface area contributed by atoms with Gasteiger partial charge in [-0.15, -0.1) is 0 Å². The highest BCUT2D eigenvalue weighted by Crippen LogP contribution is 2.44. The Hall–Kier alpha value is -3.30. The maximum Gasteiger partial charge on any atom is 0.246 e. The second-order valence-electron chi connectivity index (χ2n) is 14.2. The molecule has 10 nitrogen and oxygen atoms in total. The highest BCUT2D eigenvalue weighted by molar-refractivity contribution is 6.38. The summed E-state index contributed by atoms with van der Waals surface area (Å²) in [5, 5.41) is 2.95. The van der Waals surface area contributed by atoms with Gasteiger partial charge < -0.3 is 10.2 Å². The number of ketones is 4. The molecule has 1 N–H and O–H groups in total. The lowest BCUT2D eigenvalue weighted by Crippen LogP contribution is -2.56. The second-order valence-corrected chi connectivity index (χ2v) is 14.2. The minimum Gasteiger partial charge on any atom is -0.344 e. The van der Waals surface area contributed by atoms with Gasteiger partial charge in [0, 0.05) is 50.0 Å². The van der Waals surface area contributed by atoms with Gasteiger partial charge in [-0.05, 0) is 61.7 Å². The zero-order chi connectivity index (χ0) is 32.8. The number of carbonyl (C=O) groups is 6. The fourth-order valence-electron chi connectivity index (χ4n) is 7.23. The van der Waals surface area contributed by atoms with Crippen LogP contribution in [0.1, 0.15) is 109 Å². The van der Waals surface area contributed by atoms with Crippen LogP contribution in [0.5, 0.6) is 0 Å². The van der Waals surface area contributed by atoms with Gasteiger partial charge in [-0.25, -0.2) is 4.98 Å². The fourth-order valence-corrected chi connectivity index (χ4v) is 7.23. The predicted molar refractivity (Wildman–Crippen MR) is 168 cm³/mol. The Labute approximate surface area is 266 Å². The van der Waals surface area contributed by atoms with Crippen molar-refractivity contribution in [2.24, 2.45) is 41.4 Å². The van der Waals surface area contributed by atoms with Crippen molar-refractivity contribution in [1.82, 2.24) is 20.2 Å². The Morgan fingerprint density at radius 2 is 1.69 bits per heavy atom. The Bertz CT molecular complexity index is 1260. The third kappa shape index (κ3) is 8.50. The lowest BCUT2D eigenvalue weighted by atomic mass is 9.84. The van der Waals surface area contributed by atoms with Crippen LogP contribution in [-0.4, -0.2) is 68.4 Å². The molecule has 3 fully saturated rings. The number of amides is 2. The largest absolute Gasteiger partial charge is 0.344 e. The lowest BCUT2D eigenvalue weighted by molar-refractivity contribution is -0.144. The molecule has 6 atom stereocenters. The third-order valence-corrected chi connectivity index (χ3v) is 10.0. The van der Waals surface area contributed by atoms with E-state index in [2.05, 4.69) is 15.3 Å². The van der Waals surface area contributed by atoms with Gasteiger partial charge in [-0.2, -0.15) is 0 Å². The normalized spacial score (nSPS) is 23.0. The van der Waals surface area contributed by atoms with Crippen LogP contribution in [0.25, 0.3) is 0 Å². The smallest absolute Gasteiger partial charge is 0.246 e. The van der Waals surface area contributed by atoms with Crippen LogP contribution in [0.3, 0.4) is 0 Å². The maximum absolute atomic E-state index is 14.2. The number of fused-ring (bicyclic) bond motifs is 1. The molecule has 45 heavy (non-hydrogen) atoms. The summed E-state index contributed by atoms with van der Waals surface area (Å²) in [6.45, 7) is 9.81. The molecule has 10 heteroatoms. The van der Waals surface area contributed by atoms with E-state index in [1.54, 1.807) is 4.90 Å². The predicted octanol–water partition coefficient (Wildman–Crippen LogP) is 4.40. The molecule has 0 spiro atoms. The summed E-state index contributed by atoms with van der Waals surface area (Å²) in [6.07, 6.45) is 10.3. The van der Waals surface area contributed by atoms with Crippen LogP contribution in [-0.2, 0) is 24.0 Å². The minimum absolute atomic E-state index is 0.0116. The van der Waals surface area contributed by atoms with E-state index in [0.29, 0.717) is 25.3 Å². The Morgan fingerprint density at radius 1 is 0.956 bits per heavy atom. The van der Waals surface area contributed by atoms with Crippen molar-refractivity contribution >= 4 is 34.9 Å². The number of hydrogen-bond donors (Lipinski definition) is 1. The lowest BCUT2D eigenvalue weighted by Gasteiger charge is -2.33. The molecular formula is C35H50N4O6. The van der Waals surface area contributed by atoms with Gasteiger partial charge in [0.25, 0.3) is 0 Å². The highest BCUT2D eigenvalue weighted by Gasteiger charge is 2.51. The monoisotopic (exact) mass is 622 g/mol. The molecule has 4 rings (SSSR count). The standard InChI is InChI=1S/C35H50N4O6/c1-6-8-23(33(43)30(42)15-22-11-12-22)16-29(41)32-25-10-7-9-24(25)19-39(32)35(45)31(21(4)5)38-34(44)26(20(2)3)17-28(40)27-18-36-13-14-37-27/h13-14,18,20-26,31-32H,6-12,15-17,19H2,1-5H3,(H,38,44)/t23?,24?,25-,26+,31?,32?/m0/s1. The molecule has 1 aliphatic heterocycles. The van der Waals surface area contributed by atoms with Crippen molar-refractivity contribution in [2.45, 2.75) is 111 Å². The number of Topliss-reactive ketones (excluding diaryl/α,β-unsaturated/α-hetero) is 4. The van der Waals surface area contributed by atoms with E-state index >= 15 is 0 Å².